The molecule has 4 heteroatoms. The van der Waals surface area contributed by atoms with Gasteiger partial charge >= 0.3 is 0 Å². The fraction of sp³-hybridized carbons (Fsp3) is 0.111. The zero-order valence-electron chi connectivity index (χ0n) is 12.1. The summed E-state index contributed by atoms with van der Waals surface area (Å²) < 4.78 is 0. The highest BCUT2D eigenvalue weighted by Gasteiger charge is 2.08. The molecule has 0 aliphatic heterocycles. The summed E-state index contributed by atoms with van der Waals surface area (Å²) in [6, 6.07) is 17.0. The number of aromatic nitrogens is 1. The van der Waals surface area contributed by atoms with E-state index >= 15 is 0 Å². The first-order valence-corrected chi connectivity index (χ1v) is 7.40. The minimum atomic E-state index is -0.0573. The van der Waals surface area contributed by atoms with Crippen LogP contribution in [0.2, 0.25) is 5.02 Å². The third kappa shape index (κ3) is 3.26. The van der Waals surface area contributed by atoms with Crippen LogP contribution in [-0.2, 0) is 11.2 Å². The third-order valence-electron chi connectivity index (χ3n) is 3.40. The van der Waals surface area contributed by atoms with Crippen LogP contribution in [0, 0.1) is 6.92 Å². The second-order valence-electron chi connectivity index (χ2n) is 5.18. The molecule has 0 saturated carbocycles. The van der Waals surface area contributed by atoms with Gasteiger partial charge in [0.25, 0.3) is 0 Å². The standard InChI is InChI=1S/C18H15ClN2O/c1-12-10-17(15-4-2-3-5-16(15)20-12)21-18(22)11-13-6-8-14(19)9-7-13/h2-10H,11H2,1H3,(H,20,21,22). The van der Waals surface area contributed by atoms with E-state index in [4.69, 9.17) is 11.6 Å². The number of amides is 1. The van der Waals surface area contributed by atoms with E-state index < -0.39 is 0 Å². The van der Waals surface area contributed by atoms with Gasteiger partial charge in [-0.15, -0.1) is 0 Å². The van der Waals surface area contributed by atoms with Crippen LogP contribution in [0.3, 0.4) is 0 Å². The molecule has 0 unspecified atom stereocenters. The topological polar surface area (TPSA) is 42.0 Å². The van der Waals surface area contributed by atoms with Crippen LogP contribution in [-0.4, -0.2) is 10.9 Å². The summed E-state index contributed by atoms with van der Waals surface area (Å²) in [6.45, 7) is 1.92. The number of carbonyl (C=O) groups is 1. The number of halogens is 1. The largest absolute Gasteiger partial charge is 0.325 e. The van der Waals surface area contributed by atoms with Crippen LogP contribution in [0.15, 0.2) is 54.6 Å². The Hall–Kier alpha value is -2.39. The molecule has 0 bridgehead atoms. The van der Waals surface area contributed by atoms with Crippen molar-refractivity contribution in [3.8, 4) is 0 Å². The van der Waals surface area contributed by atoms with E-state index in [1.54, 1.807) is 12.1 Å². The van der Waals surface area contributed by atoms with E-state index in [0.717, 1.165) is 27.8 Å². The molecule has 0 aliphatic rings. The molecule has 3 aromatic rings. The molecule has 0 fully saturated rings. The third-order valence-corrected chi connectivity index (χ3v) is 3.65. The fourth-order valence-electron chi connectivity index (χ4n) is 2.39. The molecule has 2 aromatic carbocycles. The van der Waals surface area contributed by atoms with Crippen molar-refractivity contribution in [3.05, 3.63) is 70.9 Å². The number of anilines is 1. The molecule has 3 nitrogen and oxygen atoms in total. The lowest BCUT2D eigenvalue weighted by Gasteiger charge is -2.10. The van der Waals surface area contributed by atoms with Gasteiger partial charge in [0.2, 0.25) is 5.91 Å². The van der Waals surface area contributed by atoms with E-state index in [1.807, 2.05) is 49.4 Å². The number of rotatable bonds is 3. The fourth-order valence-corrected chi connectivity index (χ4v) is 2.52. The molecule has 0 aliphatic carbocycles. The molecule has 22 heavy (non-hydrogen) atoms. The summed E-state index contributed by atoms with van der Waals surface area (Å²) >= 11 is 5.85. The Morgan fingerprint density at radius 1 is 1.14 bits per heavy atom. The van der Waals surface area contributed by atoms with Crippen LogP contribution >= 0.6 is 11.6 Å². The SMILES string of the molecule is Cc1cc(NC(=O)Cc2ccc(Cl)cc2)c2ccccc2n1. The summed E-state index contributed by atoms with van der Waals surface area (Å²) in [6.07, 6.45) is 0.312. The van der Waals surface area contributed by atoms with Crippen LogP contribution in [0.1, 0.15) is 11.3 Å². The molecule has 1 heterocycles. The first-order chi connectivity index (χ1) is 10.6. The van der Waals surface area contributed by atoms with Gasteiger partial charge in [0.1, 0.15) is 0 Å². The van der Waals surface area contributed by atoms with Crippen molar-refractivity contribution in [2.24, 2.45) is 0 Å². The zero-order chi connectivity index (χ0) is 15.5. The van der Waals surface area contributed by atoms with Crippen molar-refractivity contribution in [1.29, 1.82) is 0 Å². The first-order valence-electron chi connectivity index (χ1n) is 7.02. The molecule has 0 saturated heterocycles. The number of hydrogen-bond acceptors (Lipinski definition) is 2. The van der Waals surface area contributed by atoms with E-state index in [2.05, 4.69) is 10.3 Å². The Morgan fingerprint density at radius 2 is 1.86 bits per heavy atom. The van der Waals surface area contributed by atoms with Crippen molar-refractivity contribution in [2.45, 2.75) is 13.3 Å². The molecule has 1 N–H and O–H groups in total. The predicted molar refractivity (Wildman–Crippen MR) is 90.3 cm³/mol. The maximum atomic E-state index is 12.3. The van der Waals surface area contributed by atoms with Crippen molar-refractivity contribution in [3.63, 3.8) is 0 Å². The monoisotopic (exact) mass is 310 g/mol. The molecule has 3 rings (SSSR count). The highest BCUT2D eigenvalue weighted by atomic mass is 35.5. The highest BCUT2D eigenvalue weighted by molar-refractivity contribution is 6.30. The summed E-state index contributed by atoms with van der Waals surface area (Å²) in [5.74, 6) is -0.0573. The van der Waals surface area contributed by atoms with E-state index in [0.29, 0.717) is 11.4 Å². The Morgan fingerprint density at radius 3 is 2.64 bits per heavy atom. The van der Waals surface area contributed by atoms with E-state index in [9.17, 15) is 4.79 Å². The second-order valence-corrected chi connectivity index (χ2v) is 5.62. The Balaban J connectivity index is 1.83. The molecular weight excluding hydrogens is 296 g/mol. The minimum absolute atomic E-state index is 0.0573. The Bertz CT molecular complexity index is 828. The number of nitrogens with one attached hydrogen (secondary N) is 1. The lowest BCUT2D eigenvalue weighted by atomic mass is 10.1. The maximum absolute atomic E-state index is 12.3. The number of hydrogen-bond donors (Lipinski definition) is 1. The van der Waals surface area contributed by atoms with Gasteiger partial charge in [0.15, 0.2) is 0 Å². The minimum Gasteiger partial charge on any atom is -0.325 e. The van der Waals surface area contributed by atoms with Gasteiger partial charge in [-0.3, -0.25) is 9.78 Å². The first kappa shape index (κ1) is 14.5. The summed E-state index contributed by atoms with van der Waals surface area (Å²) in [5.41, 5.74) is 3.48. The lowest BCUT2D eigenvalue weighted by molar-refractivity contribution is -0.115. The number of fused-ring (bicyclic) bond motifs is 1. The van der Waals surface area contributed by atoms with Crippen molar-refractivity contribution >= 4 is 34.1 Å². The van der Waals surface area contributed by atoms with Gasteiger partial charge in [0.05, 0.1) is 17.6 Å². The van der Waals surface area contributed by atoms with Gasteiger partial charge in [-0.05, 0) is 36.8 Å². The quantitative estimate of drug-likeness (QED) is 0.780. The molecule has 0 atom stereocenters. The highest BCUT2D eigenvalue weighted by Crippen LogP contribution is 2.23. The number of aryl methyl sites for hydroxylation is 1. The smallest absolute Gasteiger partial charge is 0.228 e. The molecule has 110 valence electrons. The number of benzene rings is 2. The average Bonchev–Trinajstić information content (AvgIpc) is 2.49. The summed E-state index contributed by atoms with van der Waals surface area (Å²) in [5, 5.41) is 4.59. The number of nitrogens with zero attached hydrogens (tertiary/aromatic N) is 1. The van der Waals surface area contributed by atoms with Crippen LogP contribution < -0.4 is 5.32 Å². The predicted octanol–water partition coefficient (Wildman–Crippen LogP) is 4.38. The number of para-hydroxylation sites is 1. The van der Waals surface area contributed by atoms with Crippen molar-refractivity contribution < 1.29 is 4.79 Å². The Labute approximate surface area is 133 Å². The maximum Gasteiger partial charge on any atom is 0.228 e. The van der Waals surface area contributed by atoms with Crippen molar-refractivity contribution in [1.82, 2.24) is 4.98 Å². The van der Waals surface area contributed by atoms with Gasteiger partial charge in [-0.2, -0.15) is 0 Å². The van der Waals surface area contributed by atoms with Crippen LogP contribution in [0.4, 0.5) is 5.69 Å². The van der Waals surface area contributed by atoms with Gasteiger partial charge in [0, 0.05) is 16.1 Å². The molecule has 1 aromatic heterocycles. The van der Waals surface area contributed by atoms with Gasteiger partial charge < -0.3 is 5.32 Å². The molecule has 1 amide bonds. The lowest BCUT2D eigenvalue weighted by Crippen LogP contribution is -2.15. The summed E-state index contributed by atoms with van der Waals surface area (Å²) in [7, 11) is 0. The van der Waals surface area contributed by atoms with Gasteiger partial charge in [-0.25, -0.2) is 0 Å². The average molecular weight is 311 g/mol. The normalized spacial score (nSPS) is 10.6. The van der Waals surface area contributed by atoms with E-state index in [-0.39, 0.29) is 5.91 Å². The number of carbonyl (C=O) groups excluding carboxylic acids is 1. The number of pyridine rings is 1. The van der Waals surface area contributed by atoms with Crippen LogP contribution in [0.5, 0.6) is 0 Å². The molecular formula is C18H15ClN2O. The Kier molecular flexibility index (Phi) is 4.07. The van der Waals surface area contributed by atoms with Gasteiger partial charge in [-0.1, -0.05) is 41.9 Å². The van der Waals surface area contributed by atoms with Crippen molar-refractivity contribution in [2.75, 3.05) is 5.32 Å². The molecule has 0 radical (unpaired) electrons. The van der Waals surface area contributed by atoms with Crippen LogP contribution in [0.25, 0.3) is 10.9 Å². The second kappa shape index (κ2) is 6.16. The molecule has 0 spiro atoms. The summed E-state index contributed by atoms with van der Waals surface area (Å²) in [4.78, 5) is 16.7. The zero-order valence-corrected chi connectivity index (χ0v) is 12.9. The van der Waals surface area contributed by atoms with E-state index in [1.165, 1.54) is 0 Å².